The molecule has 2 N–H and O–H groups in total. The SMILES string of the molecule is CCCSc1cc(N)n(-c2ccc(C)cc2C)n1. The topological polar surface area (TPSA) is 43.8 Å². The first-order valence-corrected chi connectivity index (χ1v) is 7.16. The van der Waals surface area contributed by atoms with Crippen LogP contribution in [0.2, 0.25) is 0 Å². The van der Waals surface area contributed by atoms with Gasteiger partial charge in [-0.3, -0.25) is 0 Å². The van der Waals surface area contributed by atoms with Crippen LogP contribution in [-0.2, 0) is 0 Å². The minimum atomic E-state index is 0.695. The maximum absolute atomic E-state index is 6.04. The monoisotopic (exact) mass is 261 g/mol. The van der Waals surface area contributed by atoms with Crippen molar-refractivity contribution in [1.29, 1.82) is 0 Å². The van der Waals surface area contributed by atoms with Crippen molar-refractivity contribution in [2.24, 2.45) is 0 Å². The van der Waals surface area contributed by atoms with Gasteiger partial charge in [0.05, 0.1) is 5.69 Å². The predicted molar refractivity (Wildman–Crippen MR) is 78.5 cm³/mol. The molecule has 0 unspecified atom stereocenters. The highest BCUT2D eigenvalue weighted by Gasteiger charge is 2.09. The standard InChI is InChI=1S/C14H19N3S/c1-4-7-18-14-9-13(15)17(16-14)12-6-5-10(2)8-11(12)3/h5-6,8-9H,4,7,15H2,1-3H3. The molecule has 0 spiro atoms. The van der Waals surface area contributed by atoms with Crippen LogP contribution in [0.3, 0.4) is 0 Å². The number of nitrogens with two attached hydrogens (primary N) is 1. The number of benzene rings is 1. The molecule has 1 aromatic carbocycles. The number of aryl methyl sites for hydroxylation is 2. The quantitative estimate of drug-likeness (QED) is 0.856. The third-order valence-electron chi connectivity index (χ3n) is 2.75. The highest BCUT2D eigenvalue weighted by molar-refractivity contribution is 7.99. The zero-order chi connectivity index (χ0) is 13.1. The number of rotatable bonds is 4. The van der Waals surface area contributed by atoms with E-state index in [4.69, 9.17) is 5.73 Å². The molecule has 0 saturated carbocycles. The predicted octanol–water partition coefficient (Wildman–Crippen LogP) is 3.57. The number of thioether (sulfide) groups is 1. The van der Waals surface area contributed by atoms with Crippen LogP contribution < -0.4 is 5.73 Å². The Balaban J connectivity index is 2.35. The summed E-state index contributed by atoms with van der Waals surface area (Å²) in [6.45, 7) is 6.34. The van der Waals surface area contributed by atoms with Gasteiger partial charge in [-0.25, -0.2) is 4.68 Å². The van der Waals surface area contributed by atoms with E-state index in [1.165, 1.54) is 11.1 Å². The van der Waals surface area contributed by atoms with Crippen molar-refractivity contribution < 1.29 is 0 Å². The first-order chi connectivity index (χ1) is 8.61. The summed E-state index contributed by atoms with van der Waals surface area (Å²) in [7, 11) is 0. The Bertz CT molecular complexity index is 546. The van der Waals surface area contributed by atoms with Gasteiger partial charge in [0, 0.05) is 6.07 Å². The van der Waals surface area contributed by atoms with E-state index in [-0.39, 0.29) is 0 Å². The molecule has 0 radical (unpaired) electrons. The first kappa shape index (κ1) is 13.0. The lowest BCUT2D eigenvalue weighted by atomic mass is 10.1. The number of nitrogen functional groups attached to an aromatic ring is 1. The van der Waals surface area contributed by atoms with Gasteiger partial charge in [-0.2, -0.15) is 5.10 Å². The second-order valence-corrected chi connectivity index (χ2v) is 5.57. The third-order valence-corrected chi connectivity index (χ3v) is 3.86. The molecule has 0 bridgehead atoms. The largest absolute Gasteiger partial charge is 0.384 e. The van der Waals surface area contributed by atoms with Gasteiger partial charge in [-0.05, 0) is 37.7 Å². The maximum atomic E-state index is 6.04. The number of anilines is 1. The van der Waals surface area contributed by atoms with Crippen molar-refractivity contribution in [2.75, 3.05) is 11.5 Å². The van der Waals surface area contributed by atoms with Gasteiger partial charge in [0.1, 0.15) is 10.8 Å². The van der Waals surface area contributed by atoms with Crippen molar-refractivity contribution in [3.63, 3.8) is 0 Å². The summed E-state index contributed by atoms with van der Waals surface area (Å²) in [5.74, 6) is 1.77. The second-order valence-electron chi connectivity index (χ2n) is 4.46. The summed E-state index contributed by atoms with van der Waals surface area (Å²) < 4.78 is 1.83. The van der Waals surface area contributed by atoms with E-state index < -0.39 is 0 Å². The molecule has 0 saturated heterocycles. The molecule has 2 rings (SSSR count). The van der Waals surface area contributed by atoms with E-state index >= 15 is 0 Å². The summed E-state index contributed by atoms with van der Waals surface area (Å²) in [6, 6.07) is 8.25. The highest BCUT2D eigenvalue weighted by Crippen LogP contribution is 2.24. The van der Waals surface area contributed by atoms with E-state index in [0.29, 0.717) is 5.82 Å². The number of hydrogen-bond acceptors (Lipinski definition) is 3. The zero-order valence-electron chi connectivity index (χ0n) is 11.1. The molecule has 0 aliphatic heterocycles. The van der Waals surface area contributed by atoms with Gasteiger partial charge in [0.15, 0.2) is 0 Å². The van der Waals surface area contributed by atoms with Gasteiger partial charge in [0.2, 0.25) is 0 Å². The van der Waals surface area contributed by atoms with Gasteiger partial charge in [0.25, 0.3) is 0 Å². The lowest BCUT2D eigenvalue weighted by Gasteiger charge is -2.08. The van der Waals surface area contributed by atoms with Crippen LogP contribution in [0.1, 0.15) is 24.5 Å². The van der Waals surface area contributed by atoms with Crippen molar-refractivity contribution in [1.82, 2.24) is 9.78 Å². The van der Waals surface area contributed by atoms with E-state index in [2.05, 4.69) is 44.1 Å². The Hall–Kier alpha value is -1.42. The maximum Gasteiger partial charge on any atom is 0.128 e. The van der Waals surface area contributed by atoms with Gasteiger partial charge in [-0.1, -0.05) is 24.6 Å². The lowest BCUT2D eigenvalue weighted by Crippen LogP contribution is -2.03. The molecule has 0 fully saturated rings. The molecule has 18 heavy (non-hydrogen) atoms. The van der Waals surface area contributed by atoms with Gasteiger partial charge in [-0.15, -0.1) is 11.8 Å². The molecular weight excluding hydrogens is 242 g/mol. The smallest absolute Gasteiger partial charge is 0.128 e. The van der Waals surface area contributed by atoms with Crippen LogP contribution in [0.5, 0.6) is 0 Å². The molecule has 2 aromatic rings. The Morgan fingerprint density at radius 3 is 2.72 bits per heavy atom. The van der Waals surface area contributed by atoms with Gasteiger partial charge < -0.3 is 5.73 Å². The fraction of sp³-hybridized carbons (Fsp3) is 0.357. The second kappa shape index (κ2) is 5.48. The Labute approximate surface area is 112 Å². The van der Waals surface area contributed by atoms with Crippen LogP contribution >= 0.6 is 11.8 Å². The number of nitrogens with zero attached hydrogens (tertiary/aromatic N) is 2. The van der Waals surface area contributed by atoms with E-state index in [1.54, 1.807) is 11.8 Å². The van der Waals surface area contributed by atoms with Crippen molar-refractivity contribution in [2.45, 2.75) is 32.2 Å². The summed E-state index contributed by atoms with van der Waals surface area (Å²) in [5.41, 5.74) is 9.54. The average molecular weight is 261 g/mol. The summed E-state index contributed by atoms with van der Waals surface area (Å²) in [4.78, 5) is 0. The zero-order valence-corrected chi connectivity index (χ0v) is 11.9. The molecule has 0 amide bonds. The Kier molecular flexibility index (Phi) is 3.97. The van der Waals surface area contributed by atoms with Crippen LogP contribution in [0, 0.1) is 13.8 Å². The molecule has 1 aromatic heterocycles. The molecule has 4 heteroatoms. The summed E-state index contributed by atoms with van der Waals surface area (Å²) in [6.07, 6.45) is 1.14. The third kappa shape index (κ3) is 2.70. The van der Waals surface area contributed by atoms with E-state index in [0.717, 1.165) is 22.9 Å². The molecule has 3 nitrogen and oxygen atoms in total. The normalized spacial score (nSPS) is 10.8. The van der Waals surface area contributed by atoms with E-state index in [9.17, 15) is 0 Å². The molecule has 0 aliphatic carbocycles. The van der Waals surface area contributed by atoms with E-state index in [1.807, 2.05) is 10.7 Å². The summed E-state index contributed by atoms with van der Waals surface area (Å²) in [5, 5.41) is 5.56. The molecule has 96 valence electrons. The average Bonchev–Trinajstić information content (AvgIpc) is 2.68. The molecular formula is C14H19N3S. The fourth-order valence-corrected chi connectivity index (χ4v) is 2.64. The van der Waals surface area contributed by atoms with Crippen LogP contribution in [0.4, 0.5) is 5.82 Å². The molecule has 0 aliphatic rings. The van der Waals surface area contributed by atoms with Crippen LogP contribution in [-0.4, -0.2) is 15.5 Å². The highest BCUT2D eigenvalue weighted by atomic mass is 32.2. The Morgan fingerprint density at radius 2 is 2.06 bits per heavy atom. The number of aromatic nitrogens is 2. The molecule has 0 atom stereocenters. The fourth-order valence-electron chi connectivity index (χ4n) is 1.89. The van der Waals surface area contributed by atoms with Crippen molar-refractivity contribution in [3.8, 4) is 5.69 Å². The van der Waals surface area contributed by atoms with Crippen molar-refractivity contribution in [3.05, 3.63) is 35.4 Å². The van der Waals surface area contributed by atoms with Crippen LogP contribution in [0.25, 0.3) is 5.69 Å². The molecule has 1 heterocycles. The lowest BCUT2D eigenvalue weighted by molar-refractivity contribution is 0.838. The van der Waals surface area contributed by atoms with Gasteiger partial charge >= 0.3 is 0 Å². The Morgan fingerprint density at radius 1 is 1.28 bits per heavy atom. The van der Waals surface area contributed by atoms with Crippen LogP contribution in [0.15, 0.2) is 29.3 Å². The number of hydrogen-bond donors (Lipinski definition) is 1. The summed E-state index contributed by atoms with van der Waals surface area (Å²) >= 11 is 1.75. The van der Waals surface area contributed by atoms with Crippen molar-refractivity contribution >= 4 is 17.6 Å². The first-order valence-electron chi connectivity index (χ1n) is 6.17. The minimum Gasteiger partial charge on any atom is -0.384 e. The minimum absolute atomic E-state index is 0.695.